The maximum Gasteiger partial charge on any atom is 0.272 e. The van der Waals surface area contributed by atoms with E-state index >= 15 is 0 Å². The van der Waals surface area contributed by atoms with Crippen LogP contribution in [0.15, 0.2) is 40.9 Å². The van der Waals surface area contributed by atoms with Crippen molar-refractivity contribution in [2.75, 3.05) is 6.54 Å². The highest BCUT2D eigenvalue weighted by atomic mass is 19.1. The van der Waals surface area contributed by atoms with E-state index in [1.165, 1.54) is 12.1 Å². The van der Waals surface area contributed by atoms with E-state index in [2.05, 4.69) is 23.9 Å². The van der Waals surface area contributed by atoms with Crippen LogP contribution in [0.4, 0.5) is 4.39 Å². The third-order valence-electron chi connectivity index (χ3n) is 5.60. The SMILES string of the molecule is CC(C)c1cc(C(=O)N2CCCC[C@@H]2c2ncc(Cc3cccc(F)c3)o2)n(C)n1. The smallest absolute Gasteiger partial charge is 0.272 e. The Kier molecular flexibility index (Phi) is 5.70. The minimum absolute atomic E-state index is 0.0496. The zero-order valence-corrected chi connectivity index (χ0v) is 17.6. The van der Waals surface area contributed by atoms with Gasteiger partial charge in [0.2, 0.25) is 5.89 Å². The van der Waals surface area contributed by atoms with Crippen LogP contribution in [0.25, 0.3) is 0 Å². The molecule has 1 aliphatic rings. The lowest BCUT2D eigenvalue weighted by molar-refractivity contribution is 0.0558. The van der Waals surface area contributed by atoms with Crippen molar-refractivity contribution in [2.45, 2.75) is 51.5 Å². The van der Waals surface area contributed by atoms with Crippen molar-refractivity contribution in [2.24, 2.45) is 7.05 Å². The summed E-state index contributed by atoms with van der Waals surface area (Å²) >= 11 is 0. The number of hydrogen-bond donors (Lipinski definition) is 0. The highest BCUT2D eigenvalue weighted by Crippen LogP contribution is 2.32. The fourth-order valence-corrected chi connectivity index (χ4v) is 3.96. The Balaban J connectivity index is 1.55. The summed E-state index contributed by atoms with van der Waals surface area (Å²) in [7, 11) is 1.81. The Morgan fingerprint density at radius 2 is 2.13 bits per heavy atom. The van der Waals surface area contributed by atoms with Gasteiger partial charge in [-0.05, 0) is 48.9 Å². The molecule has 0 unspecified atom stereocenters. The summed E-state index contributed by atoms with van der Waals surface area (Å²) in [5.41, 5.74) is 2.31. The molecule has 3 aromatic rings. The molecule has 1 aliphatic heterocycles. The standard InChI is InChI=1S/C23H27FN4O2/c1-15(2)19-13-21(27(3)26-19)23(29)28-10-5-4-9-20(28)22-25-14-18(30-22)12-16-7-6-8-17(24)11-16/h6-8,11,13-15,20H,4-5,9-10,12H2,1-3H3/t20-/m1/s1. The second kappa shape index (κ2) is 8.42. The Morgan fingerprint density at radius 1 is 1.30 bits per heavy atom. The molecule has 0 aliphatic carbocycles. The maximum atomic E-state index is 13.5. The molecule has 2 aromatic heterocycles. The maximum absolute atomic E-state index is 13.5. The lowest BCUT2D eigenvalue weighted by atomic mass is 10.0. The zero-order valence-electron chi connectivity index (χ0n) is 17.6. The number of likely N-dealkylation sites (tertiary alicyclic amines) is 1. The van der Waals surface area contributed by atoms with Gasteiger partial charge in [0, 0.05) is 20.0 Å². The third-order valence-corrected chi connectivity index (χ3v) is 5.60. The molecule has 158 valence electrons. The Labute approximate surface area is 175 Å². The number of carbonyl (C=O) groups excluding carboxylic acids is 1. The summed E-state index contributed by atoms with van der Waals surface area (Å²) in [6, 6.07) is 8.13. The predicted octanol–water partition coefficient (Wildman–Crippen LogP) is 4.63. The molecule has 1 aromatic carbocycles. The van der Waals surface area contributed by atoms with Crippen LogP contribution < -0.4 is 0 Å². The second-order valence-electron chi connectivity index (χ2n) is 8.21. The highest BCUT2D eigenvalue weighted by Gasteiger charge is 2.33. The van der Waals surface area contributed by atoms with Crippen molar-refractivity contribution < 1.29 is 13.6 Å². The summed E-state index contributed by atoms with van der Waals surface area (Å²) in [6.45, 7) is 4.79. The first kappa shape index (κ1) is 20.3. The van der Waals surface area contributed by atoms with E-state index in [9.17, 15) is 9.18 Å². The molecule has 1 fully saturated rings. The largest absolute Gasteiger partial charge is 0.443 e. The van der Waals surface area contributed by atoms with E-state index in [1.54, 1.807) is 24.0 Å². The van der Waals surface area contributed by atoms with Crippen molar-refractivity contribution in [1.82, 2.24) is 19.7 Å². The number of carbonyl (C=O) groups is 1. The summed E-state index contributed by atoms with van der Waals surface area (Å²) in [5, 5.41) is 4.48. The molecule has 1 amide bonds. The lowest BCUT2D eigenvalue weighted by Gasteiger charge is -2.33. The number of benzene rings is 1. The highest BCUT2D eigenvalue weighted by molar-refractivity contribution is 5.93. The minimum Gasteiger partial charge on any atom is -0.443 e. The number of rotatable bonds is 5. The van der Waals surface area contributed by atoms with E-state index < -0.39 is 0 Å². The molecule has 0 spiro atoms. The molecular formula is C23H27FN4O2. The van der Waals surface area contributed by atoms with Crippen LogP contribution in [0.1, 0.15) is 78.5 Å². The van der Waals surface area contributed by atoms with Gasteiger partial charge in [0.1, 0.15) is 23.3 Å². The summed E-state index contributed by atoms with van der Waals surface area (Å²) in [4.78, 5) is 19.6. The first-order valence-corrected chi connectivity index (χ1v) is 10.5. The normalized spacial score (nSPS) is 17.0. The number of oxazole rings is 1. The van der Waals surface area contributed by atoms with Crippen LogP contribution in [0.3, 0.4) is 0 Å². The molecular weight excluding hydrogens is 383 g/mol. The summed E-state index contributed by atoms with van der Waals surface area (Å²) in [6.07, 6.45) is 4.91. The third kappa shape index (κ3) is 4.15. The van der Waals surface area contributed by atoms with Gasteiger partial charge in [-0.3, -0.25) is 9.48 Å². The Hall–Kier alpha value is -2.96. The van der Waals surface area contributed by atoms with Gasteiger partial charge in [0.05, 0.1) is 11.9 Å². The molecule has 1 saturated heterocycles. The molecule has 3 heterocycles. The van der Waals surface area contributed by atoms with Crippen molar-refractivity contribution in [3.63, 3.8) is 0 Å². The summed E-state index contributed by atoms with van der Waals surface area (Å²) < 4.78 is 21.1. The van der Waals surface area contributed by atoms with Crippen molar-refractivity contribution >= 4 is 5.91 Å². The van der Waals surface area contributed by atoms with E-state index in [4.69, 9.17) is 4.42 Å². The molecule has 0 saturated carbocycles. The number of hydrogen-bond acceptors (Lipinski definition) is 4. The number of nitrogens with zero attached hydrogens (tertiary/aromatic N) is 4. The number of aromatic nitrogens is 3. The molecule has 6 nitrogen and oxygen atoms in total. The fraction of sp³-hybridized carbons (Fsp3) is 0.435. The monoisotopic (exact) mass is 410 g/mol. The molecule has 7 heteroatoms. The van der Waals surface area contributed by atoms with E-state index in [1.807, 2.05) is 17.0 Å². The van der Waals surface area contributed by atoms with Gasteiger partial charge < -0.3 is 9.32 Å². The van der Waals surface area contributed by atoms with Crippen LogP contribution in [0.2, 0.25) is 0 Å². The van der Waals surface area contributed by atoms with Gasteiger partial charge in [0.15, 0.2) is 0 Å². The van der Waals surface area contributed by atoms with Crippen LogP contribution in [-0.2, 0) is 13.5 Å². The fourth-order valence-electron chi connectivity index (χ4n) is 3.96. The Morgan fingerprint density at radius 3 is 2.87 bits per heavy atom. The van der Waals surface area contributed by atoms with Gasteiger partial charge in [-0.2, -0.15) is 5.10 Å². The first-order valence-electron chi connectivity index (χ1n) is 10.5. The van der Waals surface area contributed by atoms with E-state index in [0.29, 0.717) is 30.3 Å². The van der Waals surface area contributed by atoms with Crippen molar-refractivity contribution in [3.05, 3.63) is 70.9 Å². The van der Waals surface area contributed by atoms with Crippen LogP contribution in [0, 0.1) is 5.82 Å². The van der Waals surface area contributed by atoms with E-state index in [-0.39, 0.29) is 23.7 Å². The molecule has 4 rings (SSSR count). The quantitative estimate of drug-likeness (QED) is 0.615. The molecule has 1 atom stereocenters. The Bertz CT molecular complexity index is 1040. The number of halogens is 1. The number of amides is 1. The average molecular weight is 410 g/mol. The van der Waals surface area contributed by atoms with Crippen LogP contribution in [-0.4, -0.2) is 32.1 Å². The average Bonchev–Trinajstić information content (AvgIpc) is 3.34. The topological polar surface area (TPSA) is 64.2 Å². The molecule has 0 radical (unpaired) electrons. The van der Waals surface area contributed by atoms with E-state index in [0.717, 1.165) is 30.5 Å². The first-order chi connectivity index (χ1) is 14.4. The van der Waals surface area contributed by atoms with Gasteiger partial charge >= 0.3 is 0 Å². The second-order valence-corrected chi connectivity index (χ2v) is 8.21. The van der Waals surface area contributed by atoms with Crippen molar-refractivity contribution in [1.29, 1.82) is 0 Å². The molecule has 0 bridgehead atoms. The van der Waals surface area contributed by atoms with Gasteiger partial charge in [-0.25, -0.2) is 9.37 Å². The number of aryl methyl sites for hydroxylation is 1. The van der Waals surface area contributed by atoms with Gasteiger partial charge in [-0.1, -0.05) is 26.0 Å². The van der Waals surface area contributed by atoms with Gasteiger partial charge in [-0.15, -0.1) is 0 Å². The zero-order chi connectivity index (χ0) is 21.3. The predicted molar refractivity (Wildman–Crippen MR) is 111 cm³/mol. The van der Waals surface area contributed by atoms with Crippen molar-refractivity contribution in [3.8, 4) is 0 Å². The molecule has 0 N–H and O–H groups in total. The van der Waals surface area contributed by atoms with Gasteiger partial charge in [0.25, 0.3) is 5.91 Å². The number of piperidine rings is 1. The minimum atomic E-state index is -0.270. The lowest BCUT2D eigenvalue weighted by Crippen LogP contribution is -2.39. The molecule has 30 heavy (non-hydrogen) atoms. The van der Waals surface area contributed by atoms with Crippen LogP contribution >= 0.6 is 0 Å². The summed E-state index contributed by atoms with van der Waals surface area (Å²) in [5.74, 6) is 1.14. The van der Waals surface area contributed by atoms with Crippen LogP contribution in [0.5, 0.6) is 0 Å².